The molecule has 0 fully saturated rings. The number of hydrogen-bond donors (Lipinski definition) is 4. The largest absolute Gasteiger partial charge is 0.317 e. The van der Waals surface area contributed by atoms with Crippen molar-refractivity contribution in [2.75, 3.05) is 65.4 Å². The van der Waals surface area contributed by atoms with Gasteiger partial charge in [-0.05, 0) is 110 Å². The summed E-state index contributed by atoms with van der Waals surface area (Å²) in [6, 6.07) is 0. The van der Waals surface area contributed by atoms with Gasteiger partial charge in [0.2, 0.25) is 0 Å². The molecule has 4 N–H and O–H groups in total. The van der Waals surface area contributed by atoms with Gasteiger partial charge >= 0.3 is 0 Å². The molecule has 2 atom stereocenters. The van der Waals surface area contributed by atoms with Gasteiger partial charge in [-0.3, -0.25) is 4.90 Å². The summed E-state index contributed by atoms with van der Waals surface area (Å²) >= 11 is 0. The quantitative estimate of drug-likeness (QED) is 0.0520. The fourth-order valence-corrected chi connectivity index (χ4v) is 7.11. The van der Waals surface area contributed by atoms with Gasteiger partial charge in [-0.25, -0.2) is 0 Å². The van der Waals surface area contributed by atoms with E-state index in [4.69, 9.17) is 0 Å². The van der Waals surface area contributed by atoms with Crippen LogP contribution in [0.15, 0.2) is 0 Å². The van der Waals surface area contributed by atoms with Crippen LogP contribution in [0.4, 0.5) is 0 Å². The molecule has 44 heavy (non-hydrogen) atoms. The van der Waals surface area contributed by atoms with Crippen molar-refractivity contribution in [1.29, 1.82) is 0 Å². The lowest BCUT2D eigenvalue weighted by Crippen LogP contribution is -2.55. The normalized spacial score (nSPS) is 14.0. The molecule has 0 saturated heterocycles. The molecule has 0 aromatic rings. The average molecular weight is 624 g/mol. The Kier molecular flexibility index (Phi) is 34.0. The Hall–Kier alpha value is -0.200. The summed E-state index contributed by atoms with van der Waals surface area (Å²) in [4.78, 5) is 3.04. The maximum atomic E-state index is 3.78. The van der Waals surface area contributed by atoms with Gasteiger partial charge in [-0.1, -0.05) is 125 Å². The fraction of sp³-hybridized carbons (Fsp3) is 1.00. The lowest BCUT2D eigenvalue weighted by molar-refractivity contribution is 0.0117. The molecule has 266 valence electrons. The molecule has 0 aromatic heterocycles. The summed E-state index contributed by atoms with van der Waals surface area (Å²) in [7, 11) is 0. The van der Waals surface area contributed by atoms with Crippen LogP contribution in [0, 0.1) is 5.92 Å². The van der Waals surface area contributed by atoms with Crippen LogP contribution in [0.1, 0.15) is 176 Å². The van der Waals surface area contributed by atoms with Crippen LogP contribution in [-0.2, 0) is 0 Å². The zero-order valence-electron chi connectivity index (χ0n) is 31.4. The zero-order chi connectivity index (χ0) is 32.4. The van der Waals surface area contributed by atoms with Gasteiger partial charge in [0.05, 0.1) is 0 Å². The molecule has 5 nitrogen and oxygen atoms in total. The third kappa shape index (κ3) is 24.0. The highest BCUT2D eigenvalue weighted by Gasteiger charge is 2.39. The first-order chi connectivity index (χ1) is 21.6. The first-order valence-corrected chi connectivity index (χ1v) is 20.2. The van der Waals surface area contributed by atoms with Crippen molar-refractivity contribution in [2.24, 2.45) is 5.92 Å². The predicted octanol–water partition coefficient (Wildman–Crippen LogP) is 9.31. The maximum absolute atomic E-state index is 3.78. The van der Waals surface area contributed by atoms with Gasteiger partial charge in [0, 0.05) is 18.6 Å². The van der Waals surface area contributed by atoms with Crippen molar-refractivity contribution in [3.63, 3.8) is 0 Å². The van der Waals surface area contributed by atoms with Crippen molar-refractivity contribution >= 4 is 0 Å². The van der Waals surface area contributed by atoms with E-state index < -0.39 is 0 Å². The van der Waals surface area contributed by atoms with Crippen LogP contribution in [0.2, 0.25) is 0 Å². The van der Waals surface area contributed by atoms with Crippen LogP contribution in [0.3, 0.4) is 0 Å². The van der Waals surface area contributed by atoms with Crippen LogP contribution < -0.4 is 21.3 Å². The minimum Gasteiger partial charge on any atom is -0.317 e. The van der Waals surface area contributed by atoms with Crippen molar-refractivity contribution in [1.82, 2.24) is 26.2 Å². The summed E-state index contributed by atoms with van der Waals surface area (Å²) in [6.45, 7) is 25.7. The highest BCUT2D eigenvalue weighted by Crippen LogP contribution is 2.39. The first kappa shape index (κ1) is 43.8. The third-order valence-electron chi connectivity index (χ3n) is 9.91. The standard InChI is InChI=1S/C39H85N5/c1-7-12-13-21-27-38(6)39(29-23-18-16-20-25-33-41-11-5,28-22-17-14-15-19-24-32-40-10-4)44(37-35-43-31-9-3)36-26-34-42-30-8-2/h38,40-43H,7-37H2,1-6H3. The topological polar surface area (TPSA) is 51.4 Å². The Balaban J connectivity index is 5.68. The Morgan fingerprint density at radius 2 is 0.909 bits per heavy atom. The molecule has 0 aliphatic carbocycles. The summed E-state index contributed by atoms with van der Waals surface area (Å²) in [5, 5.41) is 14.5. The number of hydrogen-bond acceptors (Lipinski definition) is 5. The van der Waals surface area contributed by atoms with E-state index in [-0.39, 0.29) is 0 Å². The van der Waals surface area contributed by atoms with E-state index in [0.717, 1.165) is 45.2 Å². The zero-order valence-corrected chi connectivity index (χ0v) is 31.4. The minimum absolute atomic E-state index is 0.347. The number of nitrogens with zero attached hydrogens (tertiary/aromatic N) is 1. The Morgan fingerprint density at radius 1 is 0.432 bits per heavy atom. The summed E-state index contributed by atoms with van der Waals surface area (Å²) in [5.41, 5.74) is 0.347. The van der Waals surface area contributed by atoms with Gasteiger partial charge in [-0.15, -0.1) is 0 Å². The molecule has 0 saturated carbocycles. The van der Waals surface area contributed by atoms with E-state index >= 15 is 0 Å². The average Bonchev–Trinajstić information content (AvgIpc) is 3.03. The van der Waals surface area contributed by atoms with E-state index in [9.17, 15) is 0 Å². The first-order valence-electron chi connectivity index (χ1n) is 20.2. The van der Waals surface area contributed by atoms with Crippen LogP contribution in [0.5, 0.6) is 0 Å². The molecule has 0 spiro atoms. The van der Waals surface area contributed by atoms with Crippen molar-refractivity contribution in [3.8, 4) is 0 Å². The molecule has 0 bridgehead atoms. The van der Waals surface area contributed by atoms with Crippen molar-refractivity contribution in [2.45, 2.75) is 182 Å². The van der Waals surface area contributed by atoms with Gasteiger partial charge in [-0.2, -0.15) is 0 Å². The summed E-state index contributed by atoms with van der Waals surface area (Å²) in [6.07, 6.45) is 28.8. The van der Waals surface area contributed by atoms with Crippen LogP contribution >= 0.6 is 0 Å². The van der Waals surface area contributed by atoms with Gasteiger partial charge in [0.1, 0.15) is 0 Å². The predicted molar refractivity (Wildman–Crippen MR) is 200 cm³/mol. The van der Waals surface area contributed by atoms with Crippen molar-refractivity contribution < 1.29 is 0 Å². The number of unbranched alkanes of at least 4 members (excludes halogenated alkanes) is 12. The lowest BCUT2D eigenvalue weighted by atomic mass is 9.73. The van der Waals surface area contributed by atoms with E-state index in [1.54, 1.807) is 0 Å². The second-order valence-electron chi connectivity index (χ2n) is 13.8. The Morgan fingerprint density at radius 3 is 1.43 bits per heavy atom. The SMILES string of the molecule is CCCCCCC(C)C(CCCCCCCCNCC)(CCCCCCCNCC)N(CCCNCCC)CCNCCC. The molecule has 0 amide bonds. The van der Waals surface area contributed by atoms with Gasteiger partial charge < -0.3 is 21.3 Å². The second kappa shape index (κ2) is 34.1. The Bertz CT molecular complexity index is 545. The molecule has 0 heterocycles. The molecule has 0 aliphatic rings. The van der Waals surface area contributed by atoms with Crippen molar-refractivity contribution in [3.05, 3.63) is 0 Å². The molecule has 0 aliphatic heterocycles. The van der Waals surface area contributed by atoms with E-state index in [2.05, 4.69) is 67.7 Å². The molecule has 2 unspecified atom stereocenters. The summed E-state index contributed by atoms with van der Waals surface area (Å²) < 4.78 is 0. The molecule has 0 rings (SSSR count). The molecular formula is C39H85N5. The minimum atomic E-state index is 0.347. The van der Waals surface area contributed by atoms with Gasteiger partial charge in [0.15, 0.2) is 0 Å². The van der Waals surface area contributed by atoms with E-state index in [0.29, 0.717) is 5.54 Å². The van der Waals surface area contributed by atoms with E-state index in [1.165, 1.54) is 161 Å². The lowest BCUT2D eigenvalue weighted by Gasteiger charge is -2.49. The third-order valence-corrected chi connectivity index (χ3v) is 9.91. The highest BCUT2D eigenvalue weighted by molar-refractivity contribution is 4.95. The molecule has 5 heteroatoms. The monoisotopic (exact) mass is 624 g/mol. The highest BCUT2D eigenvalue weighted by atomic mass is 15.2. The summed E-state index contributed by atoms with van der Waals surface area (Å²) in [5.74, 6) is 0.767. The van der Waals surface area contributed by atoms with Gasteiger partial charge in [0.25, 0.3) is 0 Å². The van der Waals surface area contributed by atoms with Crippen LogP contribution in [0.25, 0.3) is 0 Å². The molecular weight excluding hydrogens is 538 g/mol. The molecule has 0 radical (unpaired) electrons. The fourth-order valence-electron chi connectivity index (χ4n) is 7.11. The second-order valence-corrected chi connectivity index (χ2v) is 13.8. The van der Waals surface area contributed by atoms with E-state index in [1.807, 2.05) is 0 Å². The smallest absolute Gasteiger partial charge is 0.0235 e. The van der Waals surface area contributed by atoms with Crippen LogP contribution in [-0.4, -0.2) is 75.9 Å². The molecule has 0 aromatic carbocycles. The number of rotatable bonds is 37. The number of nitrogens with one attached hydrogen (secondary N) is 4. The maximum Gasteiger partial charge on any atom is 0.0235 e. The Labute approximate surface area is 279 Å².